The average molecular weight is 279 g/mol. The van der Waals surface area contributed by atoms with E-state index in [0.717, 1.165) is 16.7 Å². The maximum atomic E-state index is 13.0. The second-order valence-electron chi connectivity index (χ2n) is 6.07. The first-order valence-corrected chi connectivity index (χ1v) is 7.37. The van der Waals surface area contributed by atoms with Crippen LogP contribution in [0.4, 0.5) is 0 Å². The van der Waals surface area contributed by atoms with Gasteiger partial charge in [0.2, 0.25) is 0 Å². The summed E-state index contributed by atoms with van der Waals surface area (Å²) in [5.41, 5.74) is 2.32. The summed E-state index contributed by atoms with van der Waals surface area (Å²) >= 11 is 0. The van der Waals surface area contributed by atoms with Crippen LogP contribution in [0, 0.1) is 5.92 Å². The minimum Gasteiger partial charge on any atom is -0.352 e. The minimum absolute atomic E-state index is 0.130. The molecule has 4 unspecified atom stereocenters. The average Bonchev–Trinajstić information content (AvgIpc) is 3.29. The molecule has 1 aliphatic heterocycles. The molecule has 1 aliphatic carbocycles. The molecule has 106 valence electrons. The molecular weight excluding hydrogens is 262 g/mol. The predicted octanol–water partition coefficient (Wildman–Crippen LogP) is 3.53. The third kappa shape index (κ3) is 1.58. The molecule has 0 bridgehead atoms. The van der Waals surface area contributed by atoms with Gasteiger partial charge in [0.05, 0.1) is 0 Å². The lowest BCUT2D eigenvalue weighted by molar-refractivity contribution is 0.0767. The molecule has 1 spiro atoms. The molecule has 0 radical (unpaired) electrons. The van der Waals surface area contributed by atoms with Crippen molar-refractivity contribution in [2.24, 2.45) is 5.92 Å². The summed E-state index contributed by atoms with van der Waals surface area (Å²) in [6.07, 6.45) is 3.36. The summed E-state index contributed by atoms with van der Waals surface area (Å²) in [5, 5.41) is 0. The lowest BCUT2D eigenvalue weighted by Crippen LogP contribution is -2.40. The van der Waals surface area contributed by atoms with E-state index in [2.05, 4.69) is 24.9 Å². The Kier molecular flexibility index (Phi) is 2.57. The number of hydrogen-bond acceptors (Lipinski definition) is 3. The van der Waals surface area contributed by atoms with Gasteiger partial charge in [-0.25, -0.2) is 0 Å². The number of carbonyl (C=O) groups is 1. The van der Waals surface area contributed by atoms with Gasteiger partial charge < -0.3 is 4.74 Å². The number of epoxide rings is 1. The zero-order valence-electron chi connectivity index (χ0n) is 12.1. The van der Waals surface area contributed by atoms with Crippen LogP contribution in [0.3, 0.4) is 0 Å². The molecule has 1 aromatic heterocycles. The summed E-state index contributed by atoms with van der Waals surface area (Å²) in [7, 11) is 0. The van der Waals surface area contributed by atoms with E-state index in [0.29, 0.717) is 5.92 Å². The fraction of sp³-hybridized carbons (Fsp3) is 0.333. The van der Waals surface area contributed by atoms with E-state index < -0.39 is 5.60 Å². The van der Waals surface area contributed by atoms with Gasteiger partial charge in [0.15, 0.2) is 11.4 Å². The van der Waals surface area contributed by atoms with Gasteiger partial charge in [-0.15, -0.1) is 0 Å². The highest BCUT2D eigenvalue weighted by Gasteiger charge is 2.68. The van der Waals surface area contributed by atoms with E-state index in [-0.39, 0.29) is 17.8 Å². The number of fused-ring (bicyclic) bond motifs is 1. The summed E-state index contributed by atoms with van der Waals surface area (Å²) in [6.45, 7) is 4.31. The lowest BCUT2D eigenvalue weighted by atomic mass is 9.67. The molecular formula is C18H17NO2. The monoisotopic (exact) mass is 279 g/mol. The summed E-state index contributed by atoms with van der Waals surface area (Å²) in [6, 6.07) is 11.8. The third-order valence-corrected chi connectivity index (χ3v) is 5.13. The van der Waals surface area contributed by atoms with Crippen LogP contribution in [0.15, 0.2) is 48.8 Å². The first-order chi connectivity index (χ1) is 10.2. The van der Waals surface area contributed by atoms with Crippen LogP contribution >= 0.6 is 0 Å². The number of carbonyl (C=O) groups excluding carboxylic acids is 1. The smallest absolute Gasteiger partial charge is 0.198 e. The highest BCUT2D eigenvalue weighted by molar-refractivity contribution is 6.07. The molecule has 2 aromatic rings. The molecule has 1 saturated heterocycles. The number of rotatable bonds is 1. The number of ketones is 1. The molecule has 1 fully saturated rings. The van der Waals surface area contributed by atoms with Crippen molar-refractivity contribution in [3.05, 3.63) is 65.5 Å². The molecule has 3 nitrogen and oxygen atoms in total. The van der Waals surface area contributed by atoms with Crippen LogP contribution in [0.25, 0.3) is 0 Å². The van der Waals surface area contributed by atoms with Gasteiger partial charge in [0.25, 0.3) is 0 Å². The highest BCUT2D eigenvalue weighted by Crippen LogP contribution is 2.61. The minimum atomic E-state index is -0.685. The Bertz CT molecular complexity index is 712. The molecule has 4 rings (SSSR count). The van der Waals surface area contributed by atoms with Crippen LogP contribution in [-0.2, 0) is 4.74 Å². The number of ether oxygens (including phenoxy) is 1. The summed E-state index contributed by atoms with van der Waals surface area (Å²) in [5.74, 6) is 0.606. The Balaban J connectivity index is 1.80. The Morgan fingerprint density at radius 2 is 1.81 bits per heavy atom. The fourth-order valence-corrected chi connectivity index (χ4v) is 3.69. The molecule has 3 heteroatoms. The molecule has 2 heterocycles. The highest BCUT2D eigenvalue weighted by atomic mass is 16.6. The first kappa shape index (κ1) is 12.7. The first-order valence-electron chi connectivity index (χ1n) is 7.37. The fourth-order valence-electron chi connectivity index (χ4n) is 3.69. The molecule has 0 N–H and O–H groups in total. The number of aromatic nitrogens is 1. The lowest BCUT2D eigenvalue weighted by Gasteiger charge is -2.33. The van der Waals surface area contributed by atoms with Crippen molar-refractivity contribution in [2.45, 2.75) is 31.5 Å². The van der Waals surface area contributed by atoms with E-state index >= 15 is 0 Å². The van der Waals surface area contributed by atoms with Gasteiger partial charge in [0, 0.05) is 23.9 Å². The van der Waals surface area contributed by atoms with Crippen molar-refractivity contribution < 1.29 is 9.53 Å². The topological polar surface area (TPSA) is 42.5 Å². The van der Waals surface area contributed by atoms with E-state index in [4.69, 9.17) is 4.74 Å². The van der Waals surface area contributed by atoms with E-state index in [1.807, 2.05) is 30.3 Å². The molecule has 1 aromatic carbocycles. The van der Waals surface area contributed by atoms with Gasteiger partial charge >= 0.3 is 0 Å². The van der Waals surface area contributed by atoms with E-state index in [9.17, 15) is 4.79 Å². The van der Waals surface area contributed by atoms with Gasteiger partial charge in [-0.05, 0) is 29.2 Å². The molecule has 0 amide bonds. The largest absolute Gasteiger partial charge is 0.352 e. The Hall–Kier alpha value is -2.00. The maximum absolute atomic E-state index is 13.0. The second kappa shape index (κ2) is 4.25. The van der Waals surface area contributed by atoms with Crippen LogP contribution in [0.1, 0.15) is 47.4 Å². The molecule has 21 heavy (non-hydrogen) atoms. The van der Waals surface area contributed by atoms with E-state index in [1.54, 1.807) is 12.4 Å². The van der Waals surface area contributed by atoms with Crippen molar-refractivity contribution in [1.82, 2.24) is 4.98 Å². The number of Topliss-reactive ketones (excluding diaryl/α,β-unsaturated/α-hetero) is 1. The Labute approximate surface area is 124 Å². The zero-order chi connectivity index (χ0) is 14.6. The quantitative estimate of drug-likeness (QED) is 0.750. The number of nitrogens with zero attached hydrogens (tertiary/aromatic N) is 1. The zero-order valence-corrected chi connectivity index (χ0v) is 12.1. The number of benzene rings is 1. The van der Waals surface area contributed by atoms with Gasteiger partial charge in [-0.1, -0.05) is 38.1 Å². The van der Waals surface area contributed by atoms with Crippen LogP contribution < -0.4 is 0 Å². The second-order valence-corrected chi connectivity index (χ2v) is 6.07. The Morgan fingerprint density at radius 3 is 2.57 bits per heavy atom. The van der Waals surface area contributed by atoms with Crippen molar-refractivity contribution in [3.63, 3.8) is 0 Å². The number of hydrogen-bond donors (Lipinski definition) is 0. The molecule has 2 aliphatic rings. The summed E-state index contributed by atoms with van der Waals surface area (Å²) < 4.78 is 6.01. The van der Waals surface area contributed by atoms with Crippen molar-refractivity contribution >= 4 is 5.78 Å². The summed E-state index contributed by atoms with van der Waals surface area (Å²) in [4.78, 5) is 17.0. The van der Waals surface area contributed by atoms with Gasteiger partial charge in [0.1, 0.15) is 6.10 Å². The van der Waals surface area contributed by atoms with E-state index in [1.165, 1.54) is 0 Å². The maximum Gasteiger partial charge on any atom is 0.198 e. The Morgan fingerprint density at radius 1 is 1.10 bits per heavy atom. The van der Waals surface area contributed by atoms with Crippen LogP contribution in [-0.4, -0.2) is 16.4 Å². The predicted molar refractivity (Wildman–Crippen MR) is 79.1 cm³/mol. The van der Waals surface area contributed by atoms with Gasteiger partial charge in [-0.2, -0.15) is 0 Å². The van der Waals surface area contributed by atoms with Gasteiger partial charge in [-0.3, -0.25) is 9.78 Å². The van der Waals surface area contributed by atoms with Crippen molar-refractivity contribution in [1.29, 1.82) is 0 Å². The SMILES string of the molecule is CC1c2ccccc2C(=O)C2(OC2c2ccncc2)C1C. The normalized spacial score (nSPS) is 33.8. The third-order valence-electron chi connectivity index (χ3n) is 5.13. The van der Waals surface area contributed by atoms with Crippen LogP contribution in [0.2, 0.25) is 0 Å². The van der Waals surface area contributed by atoms with Crippen LogP contribution in [0.5, 0.6) is 0 Å². The van der Waals surface area contributed by atoms with Crippen molar-refractivity contribution in [3.8, 4) is 0 Å². The molecule has 4 atom stereocenters. The number of pyridine rings is 1. The molecule has 0 saturated carbocycles. The standard InChI is InChI=1S/C18H17NO2/c1-11-12(2)18(16(20)15-6-4-3-5-14(11)15)17(21-18)13-7-9-19-10-8-13/h3-12,17H,1-2H3. The van der Waals surface area contributed by atoms with Crippen molar-refractivity contribution in [2.75, 3.05) is 0 Å².